The molecule has 0 atom stereocenters. The van der Waals surface area contributed by atoms with Crippen molar-refractivity contribution in [3.8, 4) is 5.75 Å². The third kappa shape index (κ3) is 3.17. The van der Waals surface area contributed by atoms with E-state index in [1.165, 1.54) is 14.0 Å². The highest BCUT2D eigenvalue weighted by atomic mass is 32.1. The number of hydrogen-bond acceptors (Lipinski definition) is 5. The summed E-state index contributed by atoms with van der Waals surface area (Å²) < 4.78 is 45.2. The Morgan fingerprint density at radius 2 is 2.00 bits per heavy atom. The van der Waals surface area contributed by atoms with Gasteiger partial charge in [-0.1, -0.05) is 12.1 Å². The van der Waals surface area contributed by atoms with E-state index in [2.05, 4.69) is 10.3 Å². The number of halogens is 3. The minimum atomic E-state index is -4.60. The van der Waals surface area contributed by atoms with E-state index >= 15 is 0 Å². The van der Waals surface area contributed by atoms with Crippen molar-refractivity contribution in [2.45, 2.75) is 13.1 Å². The van der Waals surface area contributed by atoms with Crippen molar-refractivity contribution in [2.24, 2.45) is 0 Å². The predicted octanol–water partition coefficient (Wildman–Crippen LogP) is 4.47. The lowest BCUT2D eigenvalue weighted by molar-refractivity contribution is -0.136. The Morgan fingerprint density at radius 3 is 2.65 bits per heavy atom. The Bertz CT molecular complexity index is 999. The Labute approximate surface area is 150 Å². The molecule has 26 heavy (non-hydrogen) atoms. The minimum Gasteiger partial charge on any atom is -0.495 e. The summed E-state index contributed by atoms with van der Waals surface area (Å²) >= 11 is 0.820. The highest BCUT2D eigenvalue weighted by Gasteiger charge is 2.35. The molecule has 0 aliphatic carbocycles. The third-order valence-electron chi connectivity index (χ3n) is 3.69. The lowest BCUT2D eigenvalue weighted by atomic mass is 10.1. The number of aryl methyl sites for hydroxylation is 1. The summed E-state index contributed by atoms with van der Waals surface area (Å²) in [5.74, 6) is -0.203. The Hall–Kier alpha value is -2.81. The SMILES string of the molecule is COc1ccccc1NC(=O)c1sc2nc(C)cc(C(F)(F)F)c2c1N. The van der Waals surface area contributed by atoms with E-state index in [0.717, 1.165) is 17.4 Å². The summed E-state index contributed by atoms with van der Waals surface area (Å²) in [6, 6.07) is 7.61. The second-order valence-electron chi connectivity index (χ2n) is 5.49. The molecule has 0 radical (unpaired) electrons. The number of nitrogens with one attached hydrogen (secondary N) is 1. The number of alkyl halides is 3. The van der Waals surface area contributed by atoms with E-state index in [9.17, 15) is 18.0 Å². The second kappa shape index (κ2) is 6.49. The fraction of sp³-hybridized carbons (Fsp3) is 0.176. The van der Waals surface area contributed by atoms with Crippen molar-refractivity contribution in [1.29, 1.82) is 0 Å². The molecule has 136 valence electrons. The quantitative estimate of drug-likeness (QED) is 0.702. The summed E-state index contributed by atoms with van der Waals surface area (Å²) in [6.45, 7) is 1.46. The van der Waals surface area contributed by atoms with Crippen LogP contribution >= 0.6 is 11.3 Å². The third-order valence-corrected chi connectivity index (χ3v) is 4.79. The number of para-hydroxylation sites is 2. The van der Waals surface area contributed by atoms with Crippen LogP contribution in [0.3, 0.4) is 0 Å². The van der Waals surface area contributed by atoms with E-state index in [0.29, 0.717) is 11.4 Å². The summed E-state index contributed by atoms with van der Waals surface area (Å²) in [7, 11) is 1.45. The molecule has 0 saturated heterocycles. The molecule has 2 aromatic heterocycles. The van der Waals surface area contributed by atoms with Gasteiger partial charge >= 0.3 is 6.18 Å². The van der Waals surface area contributed by atoms with Crippen LogP contribution in [0.2, 0.25) is 0 Å². The molecule has 3 aromatic rings. The van der Waals surface area contributed by atoms with E-state index in [1.54, 1.807) is 24.3 Å². The molecule has 3 N–H and O–H groups in total. The number of aromatic nitrogens is 1. The number of hydrogen-bond donors (Lipinski definition) is 2. The molecule has 5 nitrogen and oxygen atoms in total. The molecule has 0 aliphatic heterocycles. The highest BCUT2D eigenvalue weighted by Crippen LogP contribution is 2.42. The fourth-order valence-corrected chi connectivity index (χ4v) is 3.62. The van der Waals surface area contributed by atoms with E-state index in [1.807, 2.05) is 0 Å². The second-order valence-corrected chi connectivity index (χ2v) is 6.49. The van der Waals surface area contributed by atoms with Gasteiger partial charge in [-0.05, 0) is 25.1 Å². The van der Waals surface area contributed by atoms with Crippen molar-refractivity contribution in [2.75, 3.05) is 18.2 Å². The number of rotatable bonds is 3. The maximum absolute atomic E-state index is 13.3. The van der Waals surface area contributed by atoms with Crippen molar-refractivity contribution in [1.82, 2.24) is 4.98 Å². The molecule has 9 heteroatoms. The molecule has 0 aliphatic rings. The van der Waals surface area contributed by atoms with Gasteiger partial charge in [0.1, 0.15) is 15.5 Å². The number of nitrogens with zero attached hydrogens (tertiary/aromatic N) is 1. The van der Waals surface area contributed by atoms with Gasteiger partial charge in [-0.3, -0.25) is 4.79 Å². The predicted molar refractivity (Wildman–Crippen MR) is 94.7 cm³/mol. The average molecular weight is 381 g/mol. The number of benzene rings is 1. The first-order valence-electron chi connectivity index (χ1n) is 7.43. The molecule has 0 fully saturated rings. The largest absolute Gasteiger partial charge is 0.495 e. The van der Waals surface area contributed by atoms with Gasteiger partial charge < -0.3 is 15.8 Å². The first-order valence-corrected chi connectivity index (χ1v) is 8.25. The lowest BCUT2D eigenvalue weighted by Crippen LogP contribution is -2.13. The maximum Gasteiger partial charge on any atom is 0.417 e. The molecule has 3 rings (SSSR count). The van der Waals surface area contributed by atoms with Crippen LogP contribution in [0.1, 0.15) is 20.9 Å². The van der Waals surface area contributed by atoms with Gasteiger partial charge in [0.15, 0.2) is 0 Å². The first-order chi connectivity index (χ1) is 12.2. The van der Waals surface area contributed by atoms with Gasteiger partial charge in [0.2, 0.25) is 0 Å². The van der Waals surface area contributed by atoms with Crippen LogP contribution in [0.4, 0.5) is 24.5 Å². The van der Waals surface area contributed by atoms with Crippen molar-refractivity contribution in [3.63, 3.8) is 0 Å². The monoisotopic (exact) mass is 381 g/mol. The van der Waals surface area contributed by atoms with E-state index in [-0.39, 0.29) is 26.5 Å². The van der Waals surface area contributed by atoms with Gasteiger partial charge in [-0.25, -0.2) is 4.98 Å². The van der Waals surface area contributed by atoms with Gasteiger partial charge in [-0.15, -0.1) is 11.3 Å². The summed E-state index contributed by atoms with van der Waals surface area (Å²) in [5.41, 5.74) is 5.34. The number of ether oxygens (including phenoxy) is 1. The number of anilines is 2. The number of carbonyl (C=O) groups excluding carboxylic acids is 1. The number of fused-ring (bicyclic) bond motifs is 1. The Morgan fingerprint density at radius 1 is 1.31 bits per heavy atom. The maximum atomic E-state index is 13.3. The molecule has 0 spiro atoms. The number of thiophene rings is 1. The van der Waals surface area contributed by atoms with Gasteiger partial charge in [0, 0.05) is 11.1 Å². The molecule has 0 bridgehead atoms. The number of methoxy groups -OCH3 is 1. The number of pyridine rings is 1. The topological polar surface area (TPSA) is 77.2 Å². The normalized spacial score (nSPS) is 11.6. The van der Waals surface area contributed by atoms with Gasteiger partial charge in [0.05, 0.1) is 24.0 Å². The van der Waals surface area contributed by atoms with Crippen molar-refractivity contribution < 1.29 is 22.7 Å². The van der Waals surface area contributed by atoms with E-state index < -0.39 is 17.6 Å². The van der Waals surface area contributed by atoms with Crippen LogP contribution in [0.25, 0.3) is 10.2 Å². The van der Waals surface area contributed by atoms with Crippen LogP contribution in [0.5, 0.6) is 5.75 Å². The highest BCUT2D eigenvalue weighted by molar-refractivity contribution is 7.21. The number of nitrogen functional groups attached to an aromatic ring is 1. The van der Waals surface area contributed by atoms with Gasteiger partial charge in [-0.2, -0.15) is 13.2 Å². The van der Waals surface area contributed by atoms with E-state index in [4.69, 9.17) is 10.5 Å². The molecule has 1 aromatic carbocycles. The van der Waals surface area contributed by atoms with Crippen LogP contribution in [-0.4, -0.2) is 18.0 Å². The average Bonchev–Trinajstić information content (AvgIpc) is 2.90. The lowest BCUT2D eigenvalue weighted by Gasteiger charge is -2.10. The molecule has 0 unspecified atom stereocenters. The summed E-state index contributed by atoms with van der Waals surface area (Å²) in [5, 5.41) is 2.36. The Balaban J connectivity index is 2.09. The number of nitrogens with two attached hydrogens (primary N) is 1. The van der Waals surface area contributed by atoms with Crippen LogP contribution in [-0.2, 0) is 6.18 Å². The van der Waals surface area contributed by atoms with Crippen LogP contribution in [0.15, 0.2) is 30.3 Å². The number of amides is 1. The molecule has 0 saturated carbocycles. The van der Waals surface area contributed by atoms with Gasteiger partial charge in [0.25, 0.3) is 5.91 Å². The summed E-state index contributed by atoms with van der Waals surface area (Å²) in [4.78, 5) is 16.7. The fourth-order valence-electron chi connectivity index (χ4n) is 2.56. The van der Waals surface area contributed by atoms with Crippen molar-refractivity contribution >= 4 is 38.8 Å². The molecular formula is C17H14F3N3O2S. The summed E-state index contributed by atoms with van der Waals surface area (Å²) in [6.07, 6.45) is -4.60. The zero-order valence-electron chi connectivity index (χ0n) is 13.8. The molecule has 2 heterocycles. The van der Waals surface area contributed by atoms with Crippen LogP contribution in [0, 0.1) is 6.92 Å². The zero-order valence-corrected chi connectivity index (χ0v) is 14.6. The zero-order chi connectivity index (χ0) is 19.1. The number of carbonyl (C=O) groups is 1. The molecular weight excluding hydrogens is 367 g/mol. The molecule has 1 amide bonds. The van der Waals surface area contributed by atoms with Crippen molar-refractivity contribution in [3.05, 3.63) is 46.5 Å². The Kier molecular flexibility index (Phi) is 4.49. The first kappa shape index (κ1) is 18.0. The smallest absolute Gasteiger partial charge is 0.417 e. The standard InChI is InChI=1S/C17H14F3N3O2S/c1-8-7-9(17(18,19)20)12-13(21)14(26-16(12)22-8)15(24)23-10-5-3-4-6-11(10)25-2/h3-7H,21H2,1-2H3,(H,23,24). The van der Waals surface area contributed by atoms with Crippen LogP contribution < -0.4 is 15.8 Å². The minimum absolute atomic E-state index is 0.0329.